The van der Waals surface area contributed by atoms with Crippen LogP contribution in [0.15, 0.2) is 20.1 Å². The van der Waals surface area contributed by atoms with E-state index in [1.807, 2.05) is 6.92 Å². The maximum atomic E-state index is 12.5. The summed E-state index contributed by atoms with van der Waals surface area (Å²) in [5.41, 5.74) is -0.779. The van der Waals surface area contributed by atoms with Crippen molar-refractivity contribution in [3.05, 3.63) is 15.9 Å². The van der Waals surface area contributed by atoms with E-state index in [2.05, 4.69) is 15.9 Å². The first-order valence-corrected chi connectivity index (χ1v) is 9.41. The van der Waals surface area contributed by atoms with E-state index >= 15 is 0 Å². The fourth-order valence-electron chi connectivity index (χ4n) is 2.45. The average Bonchev–Trinajstić information content (AvgIpc) is 2.85. The predicted octanol–water partition coefficient (Wildman–Crippen LogP) is 2.78. The lowest BCUT2D eigenvalue weighted by Crippen LogP contribution is -2.46. The van der Waals surface area contributed by atoms with Gasteiger partial charge in [0.1, 0.15) is 4.21 Å². The minimum absolute atomic E-state index is 0.257. The number of thiophene rings is 1. The zero-order valence-corrected chi connectivity index (χ0v) is 14.2. The van der Waals surface area contributed by atoms with Gasteiger partial charge in [-0.3, -0.25) is 4.79 Å². The zero-order valence-electron chi connectivity index (χ0n) is 11.0. The quantitative estimate of drug-likeness (QED) is 0.869. The summed E-state index contributed by atoms with van der Waals surface area (Å²) >= 11 is 4.41. The van der Waals surface area contributed by atoms with Gasteiger partial charge in [0.05, 0.1) is 5.41 Å². The van der Waals surface area contributed by atoms with Crippen molar-refractivity contribution >= 4 is 43.3 Å². The Morgan fingerprint density at radius 3 is 2.50 bits per heavy atom. The number of piperidine rings is 1. The second kappa shape index (κ2) is 5.75. The zero-order chi connectivity index (χ0) is 15.0. The third kappa shape index (κ3) is 2.66. The van der Waals surface area contributed by atoms with Crippen molar-refractivity contribution in [2.45, 2.75) is 30.4 Å². The summed E-state index contributed by atoms with van der Waals surface area (Å²) in [6, 6.07) is 1.70. The molecule has 0 saturated carbocycles. The van der Waals surface area contributed by atoms with E-state index in [4.69, 9.17) is 0 Å². The molecule has 1 saturated heterocycles. The average molecular weight is 382 g/mol. The normalized spacial score (nSPS) is 19.9. The number of carbonyl (C=O) groups is 1. The van der Waals surface area contributed by atoms with Gasteiger partial charge in [0.25, 0.3) is 10.0 Å². The van der Waals surface area contributed by atoms with E-state index in [9.17, 15) is 18.3 Å². The molecule has 0 bridgehead atoms. The maximum Gasteiger partial charge on any atom is 0.309 e. The molecule has 0 aliphatic carbocycles. The summed E-state index contributed by atoms with van der Waals surface area (Å²) in [5, 5.41) is 11.0. The number of sulfonamides is 1. The Labute approximate surface area is 130 Å². The van der Waals surface area contributed by atoms with Crippen LogP contribution in [0.5, 0.6) is 0 Å². The molecule has 5 nitrogen and oxygen atoms in total. The Morgan fingerprint density at radius 2 is 2.10 bits per heavy atom. The van der Waals surface area contributed by atoms with Crippen molar-refractivity contribution in [3.63, 3.8) is 0 Å². The summed E-state index contributed by atoms with van der Waals surface area (Å²) in [6.07, 6.45) is 1.25. The number of halogens is 1. The molecule has 1 aromatic rings. The first kappa shape index (κ1) is 15.9. The monoisotopic (exact) mass is 381 g/mol. The SMILES string of the molecule is CCC1(C(=O)O)CCN(S(=O)(=O)c2sccc2Br)CC1. The Hall–Kier alpha value is -0.440. The van der Waals surface area contributed by atoms with Crippen LogP contribution in [0, 0.1) is 5.41 Å². The van der Waals surface area contributed by atoms with Gasteiger partial charge in [0.2, 0.25) is 0 Å². The Morgan fingerprint density at radius 1 is 1.50 bits per heavy atom. The lowest BCUT2D eigenvalue weighted by atomic mass is 9.77. The van der Waals surface area contributed by atoms with E-state index in [1.54, 1.807) is 11.4 Å². The summed E-state index contributed by atoms with van der Waals surface area (Å²) < 4.78 is 27.2. The molecule has 0 unspecified atom stereocenters. The van der Waals surface area contributed by atoms with Crippen LogP contribution in [0.2, 0.25) is 0 Å². The van der Waals surface area contributed by atoms with Crippen LogP contribution in [0.1, 0.15) is 26.2 Å². The molecule has 1 aromatic heterocycles. The second-order valence-corrected chi connectivity index (χ2v) is 8.80. The highest BCUT2D eigenvalue weighted by molar-refractivity contribution is 9.10. The van der Waals surface area contributed by atoms with Gasteiger partial charge in [0, 0.05) is 17.6 Å². The lowest BCUT2D eigenvalue weighted by molar-refractivity contribution is -0.151. The molecule has 20 heavy (non-hydrogen) atoms. The van der Waals surface area contributed by atoms with Gasteiger partial charge in [-0.15, -0.1) is 11.3 Å². The second-order valence-electron chi connectivity index (χ2n) is 4.90. The van der Waals surface area contributed by atoms with Crippen LogP contribution in [0.4, 0.5) is 0 Å². The van der Waals surface area contributed by atoms with Crippen LogP contribution in [0.25, 0.3) is 0 Å². The van der Waals surface area contributed by atoms with E-state index in [1.165, 1.54) is 15.6 Å². The van der Waals surface area contributed by atoms with Crippen molar-refractivity contribution in [2.75, 3.05) is 13.1 Å². The molecule has 1 N–H and O–H groups in total. The minimum atomic E-state index is -3.52. The number of aliphatic carboxylic acids is 1. The fourth-order valence-corrected chi connectivity index (χ4v) is 6.35. The Kier molecular flexibility index (Phi) is 4.58. The number of carboxylic acids is 1. The molecule has 1 aliphatic rings. The van der Waals surface area contributed by atoms with Gasteiger partial charge < -0.3 is 5.11 Å². The molecule has 112 valence electrons. The number of hydrogen-bond acceptors (Lipinski definition) is 4. The van der Waals surface area contributed by atoms with E-state index in [-0.39, 0.29) is 17.3 Å². The smallest absolute Gasteiger partial charge is 0.309 e. The number of nitrogens with zero attached hydrogens (tertiary/aromatic N) is 1. The molecular formula is C12H16BrNO4S2. The summed E-state index contributed by atoms with van der Waals surface area (Å²) in [7, 11) is -3.52. The molecule has 8 heteroatoms. The topological polar surface area (TPSA) is 74.7 Å². The first-order chi connectivity index (χ1) is 9.33. The molecule has 2 rings (SSSR count). The molecule has 0 spiro atoms. The summed E-state index contributed by atoms with van der Waals surface area (Å²) in [6.45, 7) is 2.35. The molecule has 1 aliphatic heterocycles. The Balaban J connectivity index is 2.19. The van der Waals surface area contributed by atoms with Gasteiger partial charge in [-0.1, -0.05) is 6.92 Å². The number of hydrogen-bond donors (Lipinski definition) is 1. The highest BCUT2D eigenvalue weighted by Crippen LogP contribution is 2.38. The maximum absolute atomic E-state index is 12.5. The molecule has 2 heterocycles. The highest BCUT2D eigenvalue weighted by atomic mass is 79.9. The van der Waals surface area contributed by atoms with Crippen molar-refractivity contribution in [1.82, 2.24) is 4.31 Å². The molecule has 1 fully saturated rings. The van der Waals surface area contributed by atoms with Gasteiger partial charge >= 0.3 is 5.97 Å². The van der Waals surface area contributed by atoms with E-state index < -0.39 is 21.4 Å². The third-order valence-corrected chi connectivity index (χ3v) is 8.51. The van der Waals surface area contributed by atoms with Gasteiger partial charge in [-0.2, -0.15) is 4.31 Å². The van der Waals surface area contributed by atoms with Crippen LogP contribution in [0.3, 0.4) is 0 Å². The molecular weight excluding hydrogens is 366 g/mol. The number of rotatable bonds is 4. The molecule has 0 amide bonds. The van der Waals surface area contributed by atoms with Crippen LogP contribution in [-0.2, 0) is 14.8 Å². The summed E-state index contributed by atoms with van der Waals surface area (Å²) in [5.74, 6) is -0.825. The van der Waals surface area contributed by atoms with Crippen molar-refractivity contribution < 1.29 is 18.3 Å². The van der Waals surface area contributed by atoms with Crippen LogP contribution >= 0.6 is 27.3 Å². The fraction of sp³-hybridized carbons (Fsp3) is 0.583. The van der Waals surface area contributed by atoms with Crippen molar-refractivity contribution in [1.29, 1.82) is 0 Å². The minimum Gasteiger partial charge on any atom is -0.481 e. The standard InChI is InChI=1S/C12H16BrNO4S2/c1-2-12(11(15)16)4-6-14(7-5-12)20(17,18)10-9(13)3-8-19-10/h3,8H,2,4-7H2,1H3,(H,15,16). The van der Waals surface area contributed by atoms with Crippen LogP contribution in [-0.4, -0.2) is 36.9 Å². The van der Waals surface area contributed by atoms with Crippen LogP contribution < -0.4 is 0 Å². The Bertz CT molecular complexity index is 603. The van der Waals surface area contributed by atoms with Gasteiger partial charge in [-0.25, -0.2) is 8.42 Å². The molecule has 0 aromatic carbocycles. The van der Waals surface area contributed by atoms with Gasteiger partial charge in [0.15, 0.2) is 0 Å². The van der Waals surface area contributed by atoms with E-state index in [0.717, 1.165) is 0 Å². The van der Waals surface area contributed by atoms with Crippen molar-refractivity contribution in [2.24, 2.45) is 5.41 Å². The van der Waals surface area contributed by atoms with Crippen molar-refractivity contribution in [3.8, 4) is 0 Å². The first-order valence-electron chi connectivity index (χ1n) is 6.30. The van der Waals surface area contributed by atoms with E-state index in [0.29, 0.717) is 23.7 Å². The summed E-state index contributed by atoms with van der Waals surface area (Å²) in [4.78, 5) is 11.4. The predicted molar refractivity (Wildman–Crippen MR) is 80.4 cm³/mol. The molecule has 0 radical (unpaired) electrons. The number of carboxylic acid groups (broad SMARTS) is 1. The molecule has 0 atom stereocenters. The largest absolute Gasteiger partial charge is 0.481 e. The third-order valence-electron chi connectivity index (χ3n) is 3.97. The van der Waals surface area contributed by atoms with Gasteiger partial charge in [-0.05, 0) is 46.6 Å². The lowest BCUT2D eigenvalue weighted by Gasteiger charge is -2.37. The highest BCUT2D eigenvalue weighted by Gasteiger charge is 2.43.